The zero-order valence-corrected chi connectivity index (χ0v) is 11.8. The maximum Gasteiger partial charge on any atom is 0.129 e. The van der Waals surface area contributed by atoms with Crippen molar-refractivity contribution in [3.63, 3.8) is 0 Å². The average molecular weight is 318 g/mol. The summed E-state index contributed by atoms with van der Waals surface area (Å²) in [5.41, 5.74) is 9.73. The highest BCUT2D eigenvalue weighted by Gasteiger charge is 2.17. The van der Waals surface area contributed by atoms with Gasteiger partial charge in [-0.3, -0.25) is 9.78 Å². The van der Waals surface area contributed by atoms with Crippen LogP contribution in [-0.2, 0) is 7.05 Å². The fraction of sp³-hybridized carbons (Fsp3) is 0.0769. The Morgan fingerprint density at radius 1 is 1.21 bits per heavy atom. The van der Waals surface area contributed by atoms with Gasteiger partial charge in [-0.2, -0.15) is 10.2 Å². The molecule has 0 aliphatic carbocycles. The lowest BCUT2D eigenvalue weighted by Crippen LogP contribution is -1.97. The van der Waals surface area contributed by atoms with Gasteiger partial charge in [0.15, 0.2) is 0 Å². The van der Waals surface area contributed by atoms with Crippen molar-refractivity contribution in [3.05, 3.63) is 41.0 Å². The molecule has 5 nitrogen and oxygen atoms in total. The summed E-state index contributed by atoms with van der Waals surface area (Å²) in [5.74, 6) is 0.631. The molecule has 6 heteroatoms. The number of benzene rings is 1. The van der Waals surface area contributed by atoms with E-state index in [4.69, 9.17) is 5.73 Å². The molecule has 0 saturated carbocycles. The van der Waals surface area contributed by atoms with Gasteiger partial charge in [0, 0.05) is 17.7 Å². The summed E-state index contributed by atoms with van der Waals surface area (Å²) in [4.78, 5) is 0. The number of nitrogen functional groups attached to an aromatic ring is 1. The average Bonchev–Trinajstić information content (AvgIpc) is 3.01. The number of hydrogen-bond acceptors (Lipinski definition) is 3. The molecule has 0 aliphatic heterocycles. The van der Waals surface area contributed by atoms with Crippen molar-refractivity contribution in [2.45, 2.75) is 0 Å². The van der Waals surface area contributed by atoms with Gasteiger partial charge in [0.1, 0.15) is 11.5 Å². The van der Waals surface area contributed by atoms with Gasteiger partial charge in [-0.25, -0.2) is 0 Å². The van der Waals surface area contributed by atoms with E-state index >= 15 is 0 Å². The van der Waals surface area contributed by atoms with E-state index in [-0.39, 0.29) is 0 Å². The van der Waals surface area contributed by atoms with Crippen LogP contribution >= 0.6 is 15.9 Å². The molecule has 1 aromatic carbocycles. The first-order valence-electron chi connectivity index (χ1n) is 5.75. The molecule has 0 radical (unpaired) electrons. The number of aromatic nitrogens is 4. The largest absolute Gasteiger partial charge is 0.383 e. The lowest BCUT2D eigenvalue weighted by molar-refractivity contribution is 0.781. The standard InChI is InChI=1S/C13H12BrN5/c1-19-13(15)11(8-2-4-9(14)5-3-8)12(18-19)10-6-7-16-17-10/h2-7H,15H2,1H3,(H,16,17). The third-order valence-electron chi connectivity index (χ3n) is 2.98. The van der Waals surface area contributed by atoms with E-state index in [9.17, 15) is 0 Å². The molecule has 0 atom stereocenters. The normalized spacial score (nSPS) is 10.8. The number of rotatable bonds is 2. The van der Waals surface area contributed by atoms with Crippen LogP contribution < -0.4 is 5.73 Å². The van der Waals surface area contributed by atoms with E-state index in [0.29, 0.717) is 5.82 Å². The number of aryl methyl sites for hydroxylation is 1. The van der Waals surface area contributed by atoms with E-state index in [0.717, 1.165) is 27.0 Å². The number of nitrogens with zero attached hydrogens (tertiary/aromatic N) is 3. The van der Waals surface area contributed by atoms with Crippen molar-refractivity contribution >= 4 is 21.7 Å². The van der Waals surface area contributed by atoms with Crippen LogP contribution in [0.3, 0.4) is 0 Å². The van der Waals surface area contributed by atoms with Crippen molar-refractivity contribution in [1.82, 2.24) is 20.0 Å². The molecule has 2 aromatic heterocycles. The maximum atomic E-state index is 6.13. The smallest absolute Gasteiger partial charge is 0.129 e. The molecule has 3 rings (SSSR count). The molecule has 0 bridgehead atoms. The van der Waals surface area contributed by atoms with Crippen LogP contribution in [0.4, 0.5) is 5.82 Å². The summed E-state index contributed by atoms with van der Waals surface area (Å²) in [6, 6.07) is 9.87. The van der Waals surface area contributed by atoms with Gasteiger partial charge >= 0.3 is 0 Å². The van der Waals surface area contributed by atoms with Crippen LogP contribution in [0.1, 0.15) is 0 Å². The second kappa shape index (κ2) is 4.55. The SMILES string of the molecule is Cn1nc(-c2ccn[nH]2)c(-c2ccc(Br)cc2)c1N. The van der Waals surface area contributed by atoms with E-state index in [2.05, 4.69) is 31.2 Å². The Morgan fingerprint density at radius 2 is 1.95 bits per heavy atom. The molecule has 2 heterocycles. The second-order valence-electron chi connectivity index (χ2n) is 4.21. The molecule has 3 N–H and O–H groups in total. The summed E-state index contributed by atoms with van der Waals surface area (Å²) in [6.07, 6.45) is 1.70. The fourth-order valence-corrected chi connectivity index (χ4v) is 2.28. The highest BCUT2D eigenvalue weighted by Crippen LogP contribution is 2.35. The first-order chi connectivity index (χ1) is 9.16. The third-order valence-corrected chi connectivity index (χ3v) is 3.51. The third kappa shape index (κ3) is 2.04. The zero-order valence-electron chi connectivity index (χ0n) is 10.3. The minimum atomic E-state index is 0.631. The summed E-state index contributed by atoms with van der Waals surface area (Å²) in [7, 11) is 1.83. The Bertz CT molecular complexity index is 697. The molecule has 0 spiro atoms. The van der Waals surface area contributed by atoms with E-state index in [1.165, 1.54) is 0 Å². The molecule has 0 saturated heterocycles. The summed E-state index contributed by atoms with van der Waals surface area (Å²) in [5, 5.41) is 11.3. The monoisotopic (exact) mass is 317 g/mol. The van der Waals surface area contributed by atoms with Crippen LogP contribution in [0.5, 0.6) is 0 Å². The highest BCUT2D eigenvalue weighted by atomic mass is 79.9. The number of H-pyrrole nitrogens is 1. The van der Waals surface area contributed by atoms with Crippen LogP contribution in [-0.4, -0.2) is 20.0 Å². The number of nitrogens with two attached hydrogens (primary N) is 1. The maximum absolute atomic E-state index is 6.13. The Labute approximate surface area is 118 Å². The fourth-order valence-electron chi connectivity index (χ4n) is 2.01. The highest BCUT2D eigenvalue weighted by molar-refractivity contribution is 9.10. The van der Waals surface area contributed by atoms with Gasteiger partial charge in [-0.05, 0) is 23.8 Å². The van der Waals surface area contributed by atoms with Crippen LogP contribution in [0.15, 0.2) is 41.0 Å². The minimum Gasteiger partial charge on any atom is -0.383 e. The van der Waals surface area contributed by atoms with Crippen LogP contribution in [0.2, 0.25) is 0 Å². The van der Waals surface area contributed by atoms with Crippen LogP contribution in [0.25, 0.3) is 22.5 Å². The Balaban J connectivity index is 2.22. The molecule has 0 unspecified atom stereocenters. The van der Waals surface area contributed by atoms with Gasteiger partial charge in [-0.15, -0.1) is 0 Å². The number of aromatic amines is 1. The quantitative estimate of drug-likeness (QED) is 0.763. The molecule has 96 valence electrons. The van der Waals surface area contributed by atoms with Crippen molar-refractivity contribution < 1.29 is 0 Å². The molecule has 0 amide bonds. The summed E-state index contributed by atoms with van der Waals surface area (Å²) in [6.45, 7) is 0. The first-order valence-corrected chi connectivity index (χ1v) is 6.54. The van der Waals surface area contributed by atoms with E-state index < -0.39 is 0 Å². The lowest BCUT2D eigenvalue weighted by Gasteiger charge is -2.03. The molecule has 19 heavy (non-hydrogen) atoms. The molecule has 0 aliphatic rings. The number of nitrogens with one attached hydrogen (secondary N) is 1. The zero-order chi connectivity index (χ0) is 13.4. The van der Waals surface area contributed by atoms with Crippen molar-refractivity contribution in [3.8, 4) is 22.5 Å². The van der Waals surface area contributed by atoms with Crippen LogP contribution in [0, 0.1) is 0 Å². The molecule has 0 fully saturated rings. The Morgan fingerprint density at radius 3 is 2.58 bits per heavy atom. The molecule has 3 aromatic rings. The van der Waals surface area contributed by atoms with Gasteiger partial charge in [-0.1, -0.05) is 28.1 Å². The van der Waals surface area contributed by atoms with E-state index in [1.54, 1.807) is 10.9 Å². The van der Waals surface area contributed by atoms with Crippen molar-refractivity contribution in [2.24, 2.45) is 7.05 Å². The molecular weight excluding hydrogens is 306 g/mol. The van der Waals surface area contributed by atoms with Crippen molar-refractivity contribution in [2.75, 3.05) is 5.73 Å². The van der Waals surface area contributed by atoms with Gasteiger partial charge < -0.3 is 5.73 Å². The summed E-state index contributed by atoms with van der Waals surface area (Å²) >= 11 is 3.43. The topological polar surface area (TPSA) is 72.5 Å². The van der Waals surface area contributed by atoms with Gasteiger partial charge in [0.05, 0.1) is 11.3 Å². The number of halogens is 1. The number of hydrogen-bond donors (Lipinski definition) is 2. The molecular formula is C13H12BrN5. The predicted molar refractivity (Wildman–Crippen MR) is 78.3 cm³/mol. The van der Waals surface area contributed by atoms with Gasteiger partial charge in [0.25, 0.3) is 0 Å². The van der Waals surface area contributed by atoms with Gasteiger partial charge in [0.2, 0.25) is 0 Å². The van der Waals surface area contributed by atoms with E-state index in [1.807, 2.05) is 37.4 Å². The minimum absolute atomic E-state index is 0.631. The lowest BCUT2D eigenvalue weighted by atomic mass is 10.0. The Kier molecular flexibility index (Phi) is 2.87. The number of anilines is 1. The first kappa shape index (κ1) is 12.0. The summed E-state index contributed by atoms with van der Waals surface area (Å²) < 4.78 is 2.70. The van der Waals surface area contributed by atoms with Crippen molar-refractivity contribution in [1.29, 1.82) is 0 Å². The Hall–Kier alpha value is -2.08. The second-order valence-corrected chi connectivity index (χ2v) is 5.13. The predicted octanol–water partition coefficient (Wildman–Crippen LogP) is 2.82.